The van der Waals surface area contributed by atoms with Gasteiger partial charge in [0.2, 0.25) is 10.0 Å². The molecule has 1 unspecified atom stereocenters. The molecule has 3 heterocycles. The second kappa shape index (κ2) is 9.46. The van der Waals surface area contributed by atoms with E-state index < -0.39 is 10.0 Å². The van der Waals surface area contributed by atoms with E-state index in [0.29, 0.717) is 11.6 Å². The van der Waals surface area contributed by atoms with Crippen molar-refractivity contribution in [1.29, 1.82) is 0 Å². The first-order valence-electron chi connectivity index (χ1n) is 10.9. The number of sulfonamides is 1. The van der Waals surface area contributed by atoms with E-state index in [1.165, 1.54) is 16.9 Å². The SMILES string of the molecule is O=S(=O)(c1ccc2ccc(Cl)cc2c1)N1CCCC1c1nnc(CCCc2cccnc2)s1. The van der Waals surface area contributed by atoms with Crippen LogP contribution in [0, 0.1) is 0 Å². The predicted octanol–water partition coefficient (Wildman–Crippen LogP) is 5.44. The van der Waals surface area contributed by atoms with Crippen LogP contribution in [-0.4, -0.2) is 34.4 Å². The van der Waals surface area contributed by atoms with E-state index in [2.05, 4.69) is 21.2 Å². The minimum atomic E-state index is -3.66. The van der Waals surface area contributed by atoms with Gasteiger partial charge in [0.15, 0.2) is 0 Å². The van der Waals surface area contributed by atoms with Gasteiger partial charge in [0.25, 0.3) is 0 Å². The normalized spacial score (nSPS) is 17.1. The van der Waals surface area contributed by atoms with E-state index in [9.17, 15) is 8.42 Å². The first-order valence-corrected chi connectivity index (χ1v) is 13.6. The van der Waals surface area contributed by atoms with Crippen molar-refractivity contribution in [3.63, 3.8) is 0 Å². The first kappa shape index (κ1) is 22.4. The second-order valence-electron chi connectivity index (χ2n) is 8.18. The smallest absolute Gasteiger partial charge is 0.243 e. The van der Waals surface area contributed by atoms with Crippen molar-refractivity contribution in [3.05, 3.63) is 81.5 Å². The Morgan fingerprint density at radius 1 is 1.06 bits per heavy atom. The number of aromatic nitrogens is 3. The molecule has 1 saturated heterocycles. The predicted molar refractivity (Wildman–Crippen MR) is 131 cm³/mol. The fraction of sp³-hybridized carbons (Fsp3) is 0.292. The van der Waals surface area contributed by atoms with E-state index in [0.717, 1.165) is 52.9 Å². The summed E-state index contributed by atoms with van der Waals surface area (Å²) in [6, 6.07) is 14.4. The van der Waals surface area contributed by atoms with Crippen LogP contribution in [0.3, 0.4) is 0 Å². The van der Waals surface area contributed by atoms with Crippen LogP contribution in [-0.2, 0) is 22.9 Å². The maximum absolute atomic E-state index is 13.5. The molecule has 0 aliphatic carbocycles. The van der Waals surface area contributed by atoms with Crippen molar-refractivity contribution >= 4 is 43.7 Å². The minimum absolute atomic E-state index is 0.269. The van der Waals surface area contributed by atoms with Crippen molar-refractivity contribution in [2.24, 2.45) is 0 Å². The van der Waals surface area contributed by atoms with Crippen molar-refractivity contribution in [2.45, 2.75) is 43.0 Å². The maximum atomic E-state index is 13.5. The van der Waals surface area contributed by atoms with Crippen LogP contribution in [0.4, 0.5) is 0 Å². The lowest BCUT2D eigenvalue weighted by Crippen LogP contribution is -2.30. The Morgan fingerprint density at radius 2 is 1.94 bits per heavy atom. The molecule has 2 aromatic carbocycles. The molecule has 1 aliphatic heterocycles. The average molecular weight is 499 g/mol. The Hall–Kier alpha value is -2.39. The van der Waals surface area contributed by atoms with E-state index in [1.807, 2.05) is 24.4 Å². The zero-order valence-electron chi connectivity index (χ0n) is 17.9. The molecule has 1 aliphatic rings. The summed E-state index contributed by atoms with van der Waals surface area (Å²) >= 11 is 7.64. The van der Waals surface area contributed by atoms with Crippen molar-refractivity contribution < 1.29 is 8.42 Å². The van der Waals surface area contributed by atoms with Gasteiger partial charge in [-0.05, 0) is 72.4 Å². The Labute approximate surface area is 202 Å². The van der Waals surface area contributed by atoms with Gasteiger partial charge < -0.3 is 0 Å². The molecule has 0 bridgehead atoms. The Morgan fingerprint density at radius 3 is 2.79 bits per heavy atom. The summed E-state index contributed by atoms with van der Waals surface area (Å²) in [5.41, 5.74) is 1.20. The van der Waals surface area contributed by atoms with Gasteiger partial charge in [0.1, 0.15) is 10.0 Å². The number of aryl methyl sites for hydroxylation is 2. The van der Waals surface area contributed by atoms with Gasteiger partial charge in [0.05, 0.1) is 10.9 Å². The lowest BCUT2D eigenvalue weighted by atomic mass is 10.1. The number of hydrogen-bond donors (Lipinski definition) is 0. The van der Waals surface area contributed by atoms with Gasteiger partial charge in [-0.15, -0.1) is 10.2 Å². The number of pyridine rings is 1. The Kier molecular flexibility index (Phi) is 6.42. The monoisotopic (exact) mass is 498 g/mol. The molecule has 4 aromatic rings. The highest BCUT2D eigenvalue weighted by Gasteiger charge is 2.38. The molecular formula is C24H23ClN4O2S2. The molecule has 1 atom stereocenters. The molecule has 170 valence electrons. The first-order chi connectivity index (χ1) is 16.0. The highest BCUT2D eigenvalue weighted by Crippen LogP contribution is 2.38. The van der Waals surface area contributed by atoms with Gasteiger partial charge >= 0.3 is 0 Å². The van der Waals surface area contributed by atoms with Crippen LogP contribution in [0.2, 0.25) is 5.02 Å². The summed E-state index contributed by atoms with van der Waals surface area (Å²) < 4.78 is 28.6. The number of nitrogens with zero attached hydrogens (tertiary/aromatic N) is 4. The third-order valence-electron chi connectivity index (χ3n) is 5.93. The highest BCUT2D eigenvalue weighted by molar-refractivity contribution is 7.89. The molecule has 2 aromatic heterocycles. The third kappa shape index (κ3) is 4.80. The molecule has 0 saturated carbocycles. The summed E-state index contributed by atoms with van der Waals surface area (Å²) in [6.07, 6.45) is 7.91. The summed E-state index contributed by atoms with van der Waals surface area (Å²) in [4.78, 5) is 4.43. The van der Waals surface area contributed by atoms with Crippen molar-refractivity contribution in [1.82, 2.24) is 19.5 Å². The Balaban J connectivity index is 1.32. The third-order valence-corrected chi connectivity index (χ3v) is 9.15. The van der Waals surface area contributed by atoms with Gasteiger partial charge in [0, 0.05) is 30.4 Å². The molecule has 0 radical (unpaired) electrons. The average Bonchev–Trinajstić information content (AvgIpc) is 3.49. The standard InChI is InChI=1S/C24H23ClN4O2S2/c25-20-10-8-18-9-11-21(15-19(18)14-20)33(30,31)29-13-3-6-22(29)24-28-27-23(32-24)7-1-4-17-5-2-12-26-16-17/h2,5,8-12,14-16,22H,1,3-4,6-7,13H2. The zero-order chi connectivity index (χ0) is 22.8. The van der Waals surface area contributed by atoms with Crippen molar-refractivity contribution in [3.8, 4) is 0 Å². The number of benzene rings is 2. The lowest BCUT2D eigenvalue weighted by Gasteiger charge is -2.22. The molecule has 0 N–H and O–H groups in total. The van der Waals surface area contributed by atoms with Gasteiger partial charge in [-0.2, -0.15) is 4.31 Å². The second-order valence-corrected chi connectivity index (χ2v) is 11.6. The fourth-order valence-electron chi connectivity index (χ4n) is 4.26. The quantitative estimate of drug-likeness (QED) is 0.339. The van der Waals surface area contributed by atoms with Crippen LogP contribution < -0.4 is 0 Å². The number of halogens is 1. The summed E-state index contributed by atoms with van der Waals surface area (Å²) in [5.74, 6) is 0. The fourth-order valence-corrected chi connectivity index (χ4v) is 7.23. The topological polar surface area (TPSA) is 76.1 Å². The molecule has 0 amide bonds. The summed E-state index contributed by atoms with van der Waals surface area (Å²) in [7, 11) is -3.66. The van der Waals surface area contributed by atoms with Gasteiger partial charge in [-0.1, -0.05) is 41.1 Å². The molecule has 5 rings (SSSR count). The molecule has 0 spiro atoms. The van der Waals surface area contributed by atoms with Crippen LogP contribution in [0.1, 0.15) is 40.9 Å². The van der Waals surface area contributed by atoms with Crippen LogP contribution in [0.25, 0.3) is 10.8 Å². The van der Waals surface area contributed by atoms with Crippen LogP contribution >= 0.6 is 22.9 Å². The number of rotatable bonds is 7. The van der Waals surface area contributed by atoms with Crippen molar-refractivity contribution in [2.75, 3.05) is 6.54 Å². The summed E-state index contributed by atoms with van der Waals surface area (Å²) in [6.45, 7) is 0.483. The minimum Gasteiger partial charge on any atom is -0.264 e. The van der Waals surface area contributed by atoms with E-state index in [1.54, 1.807) is 34.8 Å². The molecular weight excluding hydrogens is 476 g/mol. The van der Waals surface area contributed by atoms with Crippen LogP contribution in [0.5, 0.6) is 0 Å². The van der Waals surface area contributed by atoms with E-state index in [4.69, 9.17) is 11.6 Å². The van der Waals surface area contributed by atoms with E-state index >= 15 is 0 Å². The molecule has 6 nitrogen and oxygen atoms in total. The van der Waals surface area contributed by atoms with Gasteiger partial charge in [-0.3, -0.25) is 4.98 Å². The van der Waals surface area contributed by atoms with Gasteiger partial charge in [-0.25, -0.2) is 8.42 Å². The molecule has 33 heavy (non-hydrogen) atoms. The lowest BCUT2D eigenvalue weighted by molar-refractivity contribution is 0.394. The number of hydrogen-bond acceptors (Lipinski definition) is 6. The molecule has 1 fully saturated rings. The highest BCUT2D eigenvalue weighted by atomic mass is 35.5. The Bertz CT molecular complexity index is 1380. The molecule has 9 heteroatoms. The van der Waals surface area contributed by atoms with Crippen LogP contribution in [0.15, 0.2) is 65.8 Å². The summed E-state index contributed by atoms with van der Waals surface area (Å²) in [5, 5.41) is 12.8. The van der Waals surface area contributed by atoms with E-state index in [-0.39, 0.29) is 10.9 Å². The largest absolute Gasteiger partial charge is 0.264 e. The number of fused-ring (bicyclic) bond motifs is 1. The maximum Gasteiger partial charge on any atom is 0.243 e. The zero-order valence-corrected chi connectivity index (χ0v) is 20.3.